The Morgan fingerprint density at radius 2 is 1.79 bits per heavy atom. The molecule has 4 rings (SSSR count). The predicted octanol–water partition coefficient (Wildman–Crippen LogP) is 2.48. The monoisotopic (exact) mass is 395 g/mol. The summed E-state index contributed by atoms with van der Waals surface area (Å²) in [7, 11) is 2.07. The molecule has 154 valence electrons. The zero-order valence-electron chi connectivity index (χ0n) is 17.5. The molecule has 0 radical (unpaired) electrons. The van der Waals surface area contributed by atoms with Crippen molar-refractivity contribution in [2.45, 2.75) is 39.7 Å². The number of carbonyl (C=O) groups is 2. The summed E-state index contributed by atoms with van der Waals surface area (Å²) in [6.45, 7) is 7.87. The number of nitrogens with zero attached hydrogens (tertiary/aromatic N) is 4. The highest BCUT2D eigenvalue weighted by molar-refractivity contribution is 6.04. The van der Waals surface area contributed by atoms with Gasteiger partial charge in [-0.05, 0) is 57.4 Å². The molecule has 1 N–H and O–H groups in total. The van der Waals surface area contributed by atoms with Crippen LogP contribution in [0.2, 0.25) is 0 Å². The molecule has 0 bridgehead atoms. The number of anilines is 1. The van der Waals surface area contributed by atoms with Gasteiger partial charge in [0.1, 0.15) is 5.69 Å². The van der Waals surface area contributed by atoms with Crippen molar-refractivity contribution in [3.05, 3.63) is 46.5 Å². The van der Waals surface area contributed by atoms with Crippen molar-refractivity contribution in [3.8, 4) is 0 Å². The van der Waals surface area contributed by atoms with Crippen LogP contribution in [0.25, 0.3) is 0 Å². The number of piperazine rings is 1. The molecule has 7 heteroatoms. The van der Waals surface area contributed by atoms with E-state index >= 15 is 0 Å². The first kappa shape index (κ1) is 19.6. The maximum atomic E-state index is 13.2. The summed E-state index contributed by atoms with van der Waals surface area (Å²) in [5, 5.41) is 3.00. The van der Waals surface area contributed by atoms with E-state index in [1.165, 1.54) is 0 Å². The maximum absolute atomic E-state index is 13.2. The second-order valence-electron chi connectivity index (χ2n) is 8.14. The number of hydrogen-bond acceptors (Lipinski definition) is 4. The van der Waals surface area contributed by atoms with Crippen LogP contribution in [0.1, 0.15) is 50.8 Å². The fourth-order valence-corrected chi connectivity index (χ4v) is 4.11. The average molecular weight is 396 g/mol. The molecule has 2 aromatic rings. The number of carbonyl (C=O) groups excluding carboxylic acids is 2. The van der Waals surface area contributed by atoms with Crippen LogP contribution >= 0.6 is 0 Å². The zero-order valence-corrected chi connectivity index (χ0v) is 17.5. The van der Waals surface area contributed by atoms with E-state index in [9.17, 15) is 9.59 Å². The van der Waals surface area contributed by atoms with Crippen molar-refractivity contribution in [1.29, 1.82) is 0 Å². The molecule has 7 nitrogen and oxygen atoms in total. The Labute approximate surface area is 171 Å². The van der Waals surface area contributed by atoms with Crippen LogP contribution in [0.3, 0.4) is 0 Å². The third-order valence-electron chi connectivity index (χ3n) is 6.17. The van der Waals surface area contributed by atoms with Gasteiger partial charge in [0, 0.05) is 38.4 Å². The van der Waals surface area contributed by atoms with Crippen molar-refractivity contribution in [1.82, 2.24) is 19.4 Å². The van der Waals surface area contributed by atoms with Crippen molar-refractivity contribution < 1.29 is 9.59 Å². The normalized spacial score (nSPS) is 17.1. The Hall–Kier alpha value is -2.67. The van der Waals surface area contributed by atoms with Gasteiger partial charge in [-0.3, -0.25) is 9.59 Å². The predicted molar refractivity (Wildman–Crippen MR) is 112 cm³/mol. The first-order chi connectivity index (χ1) is 14.0. The summed E-state index contributed by atoms with van der Waals surface area (Å²) in [5.74, 6) is 0.0481. The van der Waals surface area contributed by atoms with E-state index < -0.39 is 0 Å². The van der Waals surface area contributed by atoms with Crippen molar-refractivity contribution in [3.63, 3.8) is 0 Å². The number of aryl methyl sites for hydroxylation is 1. The summed E-state index contributed by atoms with van der Waals surface area (Å²) in [5.41, 5.74) is 4.32. The van der Waals surface area contributed by atoms with E-state index in [2.05, 4.69) is 22.2 Å². The van der Waals surface area contributed by atoms with E-state index in [4.69, 9.17) is 0 Å². The van der Waals surface area contributed by atoms with Crippen LogP contribution in [0.5, 0.6) is 0 Å². The number of rotatable bonds is 3. The molecule has 0 saturated carbocycles. The van der Waals surface area contributed by atoms with E-state index in [0.29, 0.717) is 24.6 Å². The fourth-order valence-electron chi connectivity index (χ4n) is 4.11. The van der Waals surface area contributed by atoms with Gasteiger partial charge < -0.3 is 19.7 Å². The number of imidazole rings is 1. The van der Waals surface area contributed by atoms with Crippen LogP contribution in [-0.2, 0) is 13.0 Å². The van der Waals surface area contributed by atoms with Gasteiger partial charge in [-0.15, -0.1) is 0 Å². The quantitative estimate of drug-likeness (QED) is 0.867. The topological polar surface area (TPSA) is 70.5 Å². The molecule has 1 fully saturated rings. The molecule has 0 spiro atoms. The van der Waals surface area contributed by atoms with Crippen LogP contribution in [-0.4, -0.2) is 64.4 Å². The summed E-state index contributed by atoms with van der Waals surface area (Å²) in [6, 6.07) is 5.85. The van der Waals surface area contributed by atoms with E-state index in [1.54, 1.807) is 0 Å². The van der Waals surface area contributed by atoms with Gasteiger partial charge in [-0.2, -0.15) is 0 Å². The van der Waals surface area contributed by atoms with Crippen LogP contribution < -0.4 is 5.32 Å². The van der Waals surface area contributed by atoms with Gasteiger partial charge in [0.25, 0.3) is 11.8 Å². The molecule has 29 heavy (non-hydrogen) atoms. The Balaban J connectivity index is 1.63. The van der Waals surface area contributed by atoms with E-state index in [-0.39, 0.29) is 11.8 Å². The molecule has 1 aromatic carbocycles. The standard InChI is InChI=1S/C22H29N5O2/c1-15-7-6-8-17(16(15)2)23-21(28)20-24-19(18-9-4-5-10-27(18)20)22(29)26-13-11-25(3)12-14-26/h6-8H,4-5,9-14H2,1-3H3,(H,23,28). The highest BCUT2D eigenvalue weighted by Gasteiger charge is 2.31. The third-order valence-corrected chi connectivity index (χ3v) is 6.17. The lowest BCUT2D eigenvalue weighted by Crippen LogP contribution is -2.47. The third kappa shape index (κ3) is 3.79. The Morgan fingerprint density at radius 1 is 1.03 bits per heavy atom. The van der Waals surface area contributed by atoms with Crippen LogP contribution in [0.4, 0.5) is 5.69 Å². The first-order valence-electron chi connectivity index (χ1n) is 10.4. The highest BCUT2D eigenvalue weighted by Crippen LogP contribution is 2.24. The largest absolute Gasteiger partial charge is 0.335 e. The van der Waals surface area contributed by atoms with Crippen LogP contribution in [0.15, 0.2) is 18.2 Å². The molecule has 0 unspecified atom stereocenters. The molecule has 1 saturated heterocycles. The molecule has 0 aliphatic carbocycles. The minimum atomic E-state index is -0.251. The van der Waals surface area contributed by atoms with Crippen molar-refractivity contribution in [2.24, 2.45) is 0 Å². The molecular formula is C22H29N5O2. The highest BCUT2D eigenvalue weighted by atomic mass is 16.2. The second kappa shape index (κ2) is 7.99. The molecular weight excluding hydrogens is 366 g/mol. The molecule has 3 heterocycles. The average Bonchev–Trinajstić information content (AvgIpc) is 3.11. The Kier molecular flexibility index (Phi) is 5.41. The molecule has 2 amide bonds. The summed E-state index contributed by atoms with van der Waals surface area (Å²) >= 11 is 0. The van der Waals surface area contributed by atoms with Gasteiger partial charge in [-0.1, -0.05) is 12.1 Å². The lowest BCUT2D eigenvalue weighted by Gasteiger charge is -2.32. The molecule has 2 aliphatic heterocycles. The van der Waals surface area contributed by atoms with E-state index in [0.717, 1.165) is 61.4 Å². The van der Waals surface area contributed by atoms with Crippen molar-refractivity contribution in [2.75, 3.05) is 38.5 Å². The molecule has 2 aliphatic rings. The first-order valence-corrected chi connectivity index (χ1v) is 10.4. The second-order valence-corrected chi connectivity index (χ2v) is 8.14. The lowest BCUT2D eigenvalue weighted by atomic mass is 10.1. The smallest absolute Gasteiger partial charge is 0.291 e. The summed E-state index contributed by atoms with van der Waals surface area (Å²) < 4.78 is 1.95. The number of likely N-dealkylation sites (N-methyl/N-ethyl adjacent to an activating group) is 1. The van der Waals surface area contributed by atoms with Gasteiger partial charge >= 0.3 is 0 Å². The number of amides is 2. The number of fused-ring (bicyclic) bond motifs is 1. The lowest BCUT2D eigenvalue weighted by molar-refractivity contribution is 0.0657. The Bertz CT molecular complexity index is 941. The number of nitrogens with one attached hydrogen (secondary N) is 1. The number of aromatic nitrogens is 2. The van der Waals surface area contributed by atoms with Gasteiger partial charge in [0.15, 0.2) is 5.82 Å². The van der Waals surface area contributed by atoms with Gasteiger partial charge in [0.05, 0.1) is 5.69 Å². The molecule has 1 aromatic heterocycles. The summed E-state index contributed by atoms with van der Waals surface area (Å²) in [6.07, 6.45) is 2.81. The number of hydrogen-bond donors (Lipinski definition) is 1. The van der Waals surface area contributed by atoms with Crippen LogP contribution in [0, 0.1) is 13.8 Å². The SMILES string of the molecule is Cc1cccc(NC(=O)c2nc(C(=O)N3CCN(C)CC3)c3n2CCCC3)c1C. The van der Waals surface area contributed by atoms with Gasteiger partial charge in [0.2, 0.25) is 0 Å². The number of benzene rings is 1. The van der Waals surface area contributed by atoms with E-state index in [1.807, 2.05) is 41.5 Å². The molecule has 0 atom stereocenters. The minimum absolute atomic E-state index is 0.0467. The van der Waals surface area contributed by atoms with Gasteiger partial charge in [-0.25, -0.2) is 4.98 Å². The zero-order chi connectivity index (χ0) is 20.5. The minimum Gasteiger partial charge on any atom is -0.335 e. The van der Waals surface area contributed by atoms with Crippen molar-refractivity contribution >= 4 is 17.5 Å². The Morgan fingerprint density at radius 3 is 2.55 bits per heavy atom. The fraction of sp³-hybridized carbons (Fsp3) is 0.500. The maximum Gasteiger partial charge on any atom is 0.291 e. The summed E-state index contributed by atoms with van der Waals surface area (Å²) in [4.78, 5) is 34.9.